The predicted octanol–water partition coefficient (Wildman–Crippen LogP) is 3.49. The van der Waals surface area contributed by atoms with E-state index in [1.165, 1.54) is 29.2 Å². The predicted molar refractivity (Wildman–Crippen MR) is 115 cm³/mol. The first-order valence-electron chi connectivity index (χ1n) is 9.89. The molecule has 0 aliphatic carbocycles. The lowest BCUT2D eigenvalue weighted by atomic mass is 10.1. The van der Waals surface area contributed by atoms with Crippen molar-refractivity contribution in [1.29, 1.82) is 0 Å². The monoisotopic (exact) mass is 447 g/mol. The molecule has 3 heterocycles. The zero-order valence-corrected chi connectivity index (χ0v) is 18.1. The lowest BCUT2D eigenvalue weighted by molar-refractivity contribution is 0.184. The Hall–Kier alpha value is -2.07. The van der Waals surface area contributed by atoms with Gasteiger partial charge in [0.1, 0.15) is 17.1 Å². The normalized spacial score (nSPS) is 22.2. The number of halogens is 1. The lowest BCUT2D eigenvalue weighted by Gasteiger charge is -2.32. The van der Waals surface area contributed by atoms with E-state index >= 15 is 0 Å². The minimum atomic E-state index is -3.10. The number of rotatable bonds is 6. The molecule has 0 saturated carbocycles. The Balaban J connectivity index is 1.18. The van der Waals surface area contributed by atoms with Crippen molar-refractivity contribution in [2.45, 2.75) is 24.9 Å². The maximum absolute atomic E-state index is 13.8. The van der Waals surface area contributed by atoms with Crippen molar-refractivity contribution in [2.75, 3.05) is 25.9 Å². The number of piperazine rings is 1. The average Bonchev–Trinajstić information content (AvgIpc) is 3.41. The van der Waals surface area contributed by atoms with E-state index in [9.17, 15) is 12.8 Å². The van der Waals surface area contributed by atoms with Crippen LogP contribution in [-0.2, 0) is 16.4 Å². The summed E-state index contributed by atoms with van der Waals surface area (Å²) in [5, 5.41) is 0.423. The van der Waals surface area contributed by atoms with Crippen LogP contribution in [0.4, 0.5) is 4.39 Å². The van der Waals surface area contributed by atoms with Gasteiger partial charge >= 0.3 is 0 Å². The molecule has 30 heavy (non-hydrogen) atoms. The SMILES string of the molecule is CS(=O)(=O)N1CC2CC1CN2CCc1ccc(Oc2nc3c(F)cccc3s2)cc1. The molecule has 158 valence electrons. The topological polar surface area (TPSA) is 62.7 Å². The molecule has 2 aliphatic heterocycles. The molecule has 2 saturated heterocycles. The molecule has 0 N–H and O–H groups in total. The minimum Gasteiger partial charge on any atom is -0.431 e. The van der Waals surface area contributed by atoms with Gasteiger partial charge in [0.25, 0.3) is 5.19 Å². The molecule has 9 heteroatoms. The first kappa shape index (κ1) is 19.9. The van der Waals surface area contributed by atoms with Crippen LogP contribution >= 0.6 is 11.3 Å². The van der Waals surface area contributed by atoms with Crippen LogP contribution in [-0.4, -0.2) is 60.6 Å². The van der Waals surface area contributed by atoms with Crippen LogP contribution in [0.5, 0.6) is 10.9 Å². The Morgan fingerprint density at radius 1 is 1.17 bits per heavy atom. The first-order valence-corrected chi connectivity index (χ1v) is 12.6. The fraction of sp³-hybridized carbons (Fsp3) is 0.381. The molecule has 0 amide bonds. The molecule has 6 nitrogen and oxygen atoms in total. The Bertz CT molecular complexity index is 1180. The van der Waals surface area contributed by atoms with Crippen LogP contribution in [0.15, 0.2) is 42.5 Å². The second-order valence-electron chi connectivity index (χ2n) is 7.93. The van der Waals surface area contributed by atoms with Gasteiger partial charge < -0.3 is 4.74 Å². The van der Waals surface area contributed by atoms with E-state index in [0.29, 0.717) is 29.0 Å². The molecule has 2 atom stereocenters. The van der Waals surface area contributed by atoms with E-state index in [4.69, 9.17) is 4.74 Å². The van der Waals surface area contributed by atoms with E-state index in [-0.39, 0.29) is 11.9 Å². The van der Waals surface area contributed by atoms with Gasteiger partial charge in [0.05, 0.1) is 11.0 Å². The zero-order chi connectivity index (χ0) is 20.9. The second kappa shape index (κ2) is 7.56. The molecular weight excluding hydrogens is 425 g/mol. The summed E-state index contributed by atoms with van der Waals surface area (Å²) in [5.41, 5.74) is 1.53. The van der Waals surface area contributed by atoms with Crippen molar-refractivity contribution in [3.63, 3.8) is 0 Å². The second-order valence-corrected chi connectivity index (χ2v) is 10.9. The van der Waals surface area contributed by atoms with Crippen molar-refractivity contribution in [3.8, 4) is 10.9 Å². The average molecular weight is 448 g/mol. The number of hydrogen-bond acceptors (Lipinski definition) is 6. The summed E-state index contributed by atoms with van der Waals surface area (Å²) in [6.07, 6.45) is 3.13. The van der Waals surface area contributed by atoms with Crippen molar-refractivity contribution < 1.29 is 17.5 Å². The van der Waals surface area contributed by atoms with Gasteiger partial charge in [0.15, 0.2) is 0 Å². The van der Waals surface area contributed by atoms with Gasteiger partial charge in [-0.3, -0.25) is 4.90 Å². The fourth-order valence-corrected chi connectivity index (χ4v) is 6.42. The molecule has 0 radical (unpaired) electrons. The highest BCUT2D eigenvalue weighted by Crippen LogP contribution is 2.34. The summed E-state index contributed by atoms with van der Waals surface area (Å²) in [7, 11) is -3.10. The summed E-state index contributed by atoms with van der Waals surface area (Å²) >= 11 is 1.32. The van der Waals surface area contributed by atoms with Crippen molar-refractivity contribution in [3.05, 3.63) is 53.8 Å². The highest BCUT2D eigenvalue weighted by atomic mass is 32.2. The molecule has 2 aliphatic rings. The summed E-state index contributed by atoms with van der Waals surface area (Å²) in [6.45, 7) is 2.34. The summed E-state index contributed by atoms with van der Waals surface area (Å²) in [4.78, 5) is 6.63. The fourth-order valence-electron chi connectivity index (χ4n) is 4.43. The maximum atomic E-state index is 13.8. The number of sulfonamides is 1. The standard InChI is InChI=1S/C21H22FN3O3S2/c1-30(26,27)25-13-15-11-16(25)12-24(15)10-9-14-5-7-17(8-6-14)28-21-23-20-18(22)3-2-4-19(20)29-21/h2-8,15-16H,9-13H2,1H3. The number of fused-ring (bicyclic) bond motifs is 3. The Morgan fingerprint density at radius 3 is 2.63 bits per heavy atom. The van der Waals surface area contributed by atoms with Crippen molar-refractivity contribution >= 4 is 31.6 Å². The number of likely N-dealkylation sites (tertiary alicyclic amines) is 1. The third kappa shape index (κ3) is 3.82. The Kier molecular flexibility index (Phi) is 5.01. The molecule has 0 spiro atoms. The Labute approximate surface area is 178 Å². The molecule has 2 bridgehead atoms. The first-order chi connectivity index (χ1) is 14.4. The van der Waals surface area contributed by atoms with Crippen LogP contribution in [0.2, 0.25) is 0 Å². The molecule has 2 unspecified atom stereocenters. The van der Waals surface area contributed by atoms with Gasteiger partial charge in [-0.1, -0.05) is 29.5 Å². The van der Waals surface area contributed by atoms with Crippen LogP contribution < -0.4 is 4.74 Å². The van der Waals surface area contributed by atoms with Crippen LogP contribution in [0.1, 0.15) is 12.0 Å². The quantitative estimate of drug-likeness (QED) is 0.579. The molecule has 5 rings (SSSR count). The number of para-hydroxylation sites is 1. The third-order valence-corrected chi connectivity index (χ3v) is 8.09. The number of aromatic nitrogens is 1. The van der Waals surface area contributed by atoms with Gasteiger partial charge in [0, 0.05) is 31.7 Å². The highest BCUT2D eigenvalue weighted by Gasteiger charge is 2.46. The van der Waals surface area contributed by atoms with Gasteiger partial charge in [0.2, 0.25) is 10.0 Å². The lowest BCUT2D eigenvalue weighted by Crippen LogP contribution is -2.48. The van der Waals surface area contributed by atoms with E-state index in [0.717, 1.165) is 30.6 Å². The van der Waals surface area contributed by atoms with Gasteiger partial charge in [-0.05, 0) is 42.7 Å². The smallest absolute Gasteiger partial charge is 0.279 e. The van der Waals surface area contributed by atoms with Crippen LogP contribution in [0.3, 0.4) is 0 Å². The van der Waals surface area contributed by atoms with Crippen LogP contribution in [0, 0.1) is 5.82 Å². The zero-order valence-electron chi connectivity index (χ0n) is 16.5. The van der Waals surface area contributed by atoms with Crippen LogP contribution in [0.25, 0.3) is 10.2 Å². The third-order valence-electron chi connectivity index (χ3n) is 5.90. The van der Waals surface area contributed by atoms with E-state index < -0.39 is 10.0 Å². The van der Waals surface area contributed by atoms with Gasteiger partial charge in [-0.15, -0.1) is 0 Å². The van der Waals surface area contributed by atoms with Gasteiger partial charge in [-0.2, -0.15) is 9.29 Å². The summed E-state index contributed by atoms with van der Waals surface area (Å²) in [5.74, 6) is 0.325. The Morgan fingerprint density at radius 2 is 1.97 bits per heavy atom. The molecule has 3 aromatic rings. The molecule has 2 aromatic carbocycles. The molecular formula is C21H22FN3O3S2. The van der Waals surface area contributed by atoms with E-state index in [1.807, 2.05) is 30.3 Å². The number of benzene rings is 2. The number of ether oxygens (including phenoxy) is 1. The summed E-state index contributed by atoms with van der Waals surface area (Å²) in [6, 6.07) is 13.2. The van der Waals surface area contributed by atoms with Gasteiger partial charge in [-0.25, -0.2) is 12.8 Å². The van der Waals surface area contributed by atoms with E-state index in [1.54, 1.807) is 10.4 Å². The summed E-state index contributed by atoms with van der Waals surface area (Å²) < 4.78 is 45.6. The van der Waals surface area contributed by atoms with Crippen molar-refractivity contribution in [1.82, 2.24) is 14.2 Å². The largest absolute Gasteiger partial charge is 0.431 e. The molecule has 1 aromatic heterocycles. The highest BCUT2D eigenvalue weighted by molar-refractivity contribution is 7.88. The maximum Gasteiger partial charge on any atom is 0.279 e. The van der Waals surface area contributed by atoms with E-state index in [2.05, 4.69) is 9.88 Å². The number of thiazole rings is 1. The van der Waals surface area contributed by atoms with Crippen molar-refractivity contribution in [2.24, 2.45) is 0 Å². The molecule has 2 fully saturated rings. The number of hydrogen-bond donors (Lipinski definition) is 0. The number of nitrogens with zero attached hydrogens (tertiary/aromatic N) is 3. The minimum absolute atomic E-state index is 0.124.